The summed E-state index contributed by atoms with van der Waals surface area (Å²) in [7, 11) is -5.49. The number of carbonyl (C=O) groups is 3. The van der Waals surface area contributed by atoms with Crippen molar-refractivity contribution in [1.29, 1.82) is 0 Å². The van der Waals surface area contributed by atoms with Gasteiger partial charge in [-0.15, -0.1) is 0 Å². The minimum atomic E-state index is -5.49. The largest absolute Gasteiger partial charge is 0.438 e. The summed E-state index contributed by atoms with van der Waals surface area (Å²) in [5.41, 5.74) is -6.69. The van der Waals surface area contributed by atoms with Gasteiger partial charge in [-0.05, 0) is 71.7 Å². The third-order valence-electron chi connectivity index (χ3n) is 5.68. The van der Waals surface area contributed by atoms with Gasteiger partial charge in [0.25, 0.3) is 5.69 Å². The lowest BCUT2D eigenvalue weighted by Gasteiger charge is -2.27. The number of nitrogens with zero attached hydrogens (tertiary/aromatic N) is 1. The van der Waals surface area contributed by atoms with Crippen LogP contribution in [0.1, 0.15) is 59.6 Å². The van der Waals surface area contributed by atoms with E-state index in [1.807, 2.05) is 0 Å². The minimum Gasteiger partial charge on any atom is -0.438 e. The molecule has 15 heteroatoms. The first kappa shape index (κ1) is 36.2. The van der Waals surface area contributed by atoms with Crippen LogP contribution < -0.4 is 4.74 Å². The molecule has 0 unspecified atom stereocenters. The van der Waals surface area contributed by atoms with Gasteiger partial charge in [0.2, 0.25) is 13.6 Å². The Balaban J connectivity index is 2.24. The normalized spacial score (nSPS) is 12.8. The third kappa shape index (κ3) is 9.76. The number of nitro groups is 1. The molecule has 0 aliphatic heterocycles. The van der Waals surface area contributed by atoms with Gasteiger partial charge in [0.05, 0.1) is 15.8 Å². The van der Waals surface area contributed by atoms with Crippen LogP contribution in [-0.2, 0) is 43.1 Å². The van der Waals surface area contributed by atoms with Crippen molar-refractivity contribution in [3.05, 3.63) is 75.8 Å². The number of benzene rings is 2. The molecular weight excluding hydrogens is 607 g/mol. The average molecular weight is 642 g/mol. The van der Waals surface area contributed by atoms with Crippen molar-refractivity contribution in [3.8, 4) is 5.75 Å². The molecule has 44 heavy (non-hydrogen) atoms. The number of non-ortho nitro benzene ring substituents is 1. The van der Waals surface area contributed by atoms with Crippen LogP contribution in [0.4, 0.5) is 14.5 Å². The SMILES string of the molecule is C/C(=C\C(=O)Oc1ccc([N+](=O)[O-])cc1)c1ccc(C(F)(F)P(=O)(OCOC(=O)C(C)(C)C)OCOC(=O)C(C)(C)C)cc1. The molecule has 0 amide bonds. The summed E-state index contributed by atoms with van der Waals surface area (Å²) >= 11 is 0. The Morgan fingerprint density at radius 2 is 1.30 bits per heavy atom. The quantitative estimate of drug-likeness (QED) is 0.0448. The monoisotopic (exact) mass is 641 g/mol. The summed E-state index contributed by atoms with van der Waals surface area (Å²) in [6.45, 7) is 8.32. The molecule has 2 aromatic carbocycles. The summed E-state index contributed by atoms with van der Waals surface area (Å²) in [6.07, 6.45) is 1.08. The topological polar surface area (TPSA) is 158 Å². The van der Waals surface area contributed by atoms with Gasteiger partial charge in [-0.25, -0.2) is 4.79 Å². The Morgan fingerprint density at radius 1 is 0.841 bits per heavy atom. The van der Waals surface area contributed by atoms with Gasteiger partial charge >= 0.3 is 31.2 Å². The molecule has 2 aromatic rings. The summed E-state index contributed by atoms with van der Waals surface area (Å²) in [6, 6.07) is 9.10. The van der Waals surface area contributed by atoms with Crippen LogP contribution in [0.2, 0.25) is 0 Å². The number of ether oxygens (including phenoxy) is 3. The zero-order valence-electron chi connectivity index (χ0n) is 25.3. The van der Waals surface area contributed by atoms with E-state index in [4.69, 9.17) is 23.3 Å². The van der Waals surface area contributed by atoms with Crippen LogP contribution in [0.5, 0.6) is 5.75 Å². The summed E-state index contributed by atoms with van der Waals surface area (Å²) in [5, 5.41) is 10.8. The highest BCUT2D eigenvalue weighted by molar-refractivity contribution is 7.54. The molecule has 240 valence electrons. The molecule has 0 aliphatic carbocycles. The number of allylic oxidation sites excluding steroid dienone is 1. The maximum Gasteiger partial charge on any atom is 0.410 e. The molecule has 0 heterocycles. The van der Waals surface area contributed by atoms with Crippen molar-refractivity contribution in [1.82, 2.24) is 0 Å². The van der Waals surface area contributed by atoms with E-state index in [2.05, 4.69) is 0 Å². The Morgan fingerprint density at radius 3 is 1.70 bits per heavy atom. The fourth-order valence-electron chi connectivity index (χ4n) is 3.06. The Bertz CT molecular complexity index is 1410. The van der Waals surface area contributed by atoms with Crippen molar-refractivity contribution in [2.75, 3.05) is 13.6 Å². The van der Waals surface area contributed by atoms with E-state index >= 15 is 8.78 Å². The highest BCUT2D eigenvalue weighted by Crippen LogP contribution is 2.67. The van der Waals surface area contributed by atoms with Crippen LogP contribution in [0.3, 0.4) is 0 Å². The van der Waals surface area contributed by atoms with E-state index in [1.165, 1.54) is 72.7 Å². The summed E-state index contributed by atoms with van der Waals surface area (Å²) < 4.78 is 69.2. The van der Waals surface area contributed by atoms with Gasteiger partial charge in [0, 0.05) is 23.8 Å². The number of rotatable bonds is 12. The van der Waals surface area contributed by atoms with Crippen LogP contribution in [0, 0.1) is 20.9 Å². The highest BCUT2D eigenvalue weighted by atomic mass is 31.2. The first-order valence-corrected chi connectivity index (χ1v) is 14.6. The number of hydrogen-bond donors (Lipinski definition) is 0. The zero-order valence-corrected chi connectivity index (χ0v) is 26.1. The summed E-state index contributed by atoms with van der Waals surface area (Å²) in [4.78, 5) is 46.6. The van der Waals surface area contributed by atoms with E-state index in [-0.39, 0.29) is 11.4 Å². The van der Waals surface area contributed by atoms with Crippen molar-refractivity contribution >= 4 is 36.8 Å². The van der Waals surface area contributed by atoms with Gasteiger partial charge < -0.3 is 14.2 Å². The number of halogens is 2. The molecule has 0 radical (unpaired) electrons. The molecule has 0 saturated carbocycles. The van der Waals surface area contributed by atoms with Crippen molar-refractivity contribution in [2.45, 2.75) is 54.1 Å². The molecule has 0 aromatic heterocycles. The van der Waals surface area contributed by atoms with Gasteiger partial charge in [0.1, 0.15) is 5.75 Å². The van der Waals surface area contributed by atoms with Gasteiger partial charge in [-0.3, -0.25) is 33.3 Å². The smallest absolute Gasteiger partial charge is 0.410 e. The highest BCUT2D eigenvalue weighted by Gasteiger charge is 2.56. The predicted molar refractivity (Wildman–Crippen MR) is 153 cm³/mol. The number of carbonyl (C=O) groups excluding carboxylic acids is 3. The molecule has 0 N–H and O–H groups in total. The van der Waals surface area contributed by atoms with Crippen LogP contribution in [0.25, 0.3) is 5.57 Å². The molecular formula is C29H34F2NO11P. The maximum absolute atomic E-state index is 15.7. The molecule has 12 nitrogen and oxygen atoms in total. The van der Waals surface area contributed by atoms with E-state index in [9.17, 15) is 29.1 Å². The van der Waals surface area contributed by atoms with E-state index < -0.39 is 66.1 Å². The first-order chi connectivity index (χ1) is 20.2. The number of alkyl halides is 2. The lowest BCUT2D eigenvalue weighted by Crippen LogP contribution is -2.27. The number of hydrogen-bond acceptors (Lipinski definition) is 11. The van der Waals surface area contributed by atoms with Crippen molar-refractivity contribution in [2.24, 2.45) is 10.8 Å². The van der Waals surface area contributed by atoms with Gasteiger partial charge in [0.15, 0.2) is 0 Å². The zero-order chi connectivity index (χ0) is 33.5. The average Bonchev–Trinajstić information content (AvgIpc) is 2.92. The lowest BCUT2D eigenvalue weighted by atomic mass is 9.98. The van der Waals surface area contributed by atoms with Crippen LogP contribution in [-0.4, -0.2) is 36.4 Å². The molecule has 0 aliphatic rings. The summed E-state index contributed by atoms with van der Waals surface area (Å²) in [5.74, 6) is -2.40. The molecule has 0 spiro atoms. The Labute approximate surface area is 253 Å². The van der Waals surface area contributed by atoms with E-state index in [0.29, 0.717) is 11.1 Å². The van der Waals surface area contributed by atoms with Crippen molar-refractivity contribution in [3.63, 3.8) is 0 Å². The van der Waals surface area contributed by atoms with Crippen LogP contribution in [0.15, 0.2) is 54.6 Å². The molecule has 0 atom stereocenters. The maximum atomic E-state index is 15.7. The Hall–Kier alpha value is -4.00. The second-order valence-corrected chi connectivity index (χ2v) is 13.5. The van der Waals surface area contributed by atoms with Gasteiger partial charge in [-0.2, -0.15) is 8.78 Å². The predicted octanol–water partition coefficient (Wildman–Crippen LogP) is 6.97. The fraction of sp³-hybridized carbons (Fsp3) is 0.414. The first-order valence-electron chi connectivity index (χ1n) is 13.0. The van der Waals surface area contributed by atoms with E-state index in [1.54, 1.807) is 0 Å². The molecule has 0 bridgehead atoms. The molecule has 0 saturated heterocycles. The van der Waals surface area contributed by atoms with Crippen LogP contribution >= 0.6 is 7.60 Å². The number of nitro benzene ring substituents is 1. The number of esters is 3. The molecule has 0 fully saturated rings. The fourth-order valence-corrected chi connectivity index (χ4v) is 4.31. The van der Waals surface area contributed by atoms with Crippen molar-refractivity contribution < 1.29 is 55.9 Å². The third-order valence-corrected chi connectivity index (χ3v) is 7.52. The van der Waals surface area contributed by atoms with E-state index in [0.717, 1.165) is 30.3 Å². The second-order valence-electron chi connectivity index (χ2n) is 11.5. The second kappa shape index (κ2) is 14.2. The molecule has 2 rings (SSSR count). The standard InChI is InChI=1S/C29H34F2NO11P/c1-19(16-24(33)43-23-14-12-22(13-15-23)32(36)37)20-8-10-21(11-9-20)29(30,31)44(38,41-17-39-25(34)27(2,3)4)42-18-40-26(35)28(5,6)7/h8-16H,17-18H2,1-7H3/b19-16+. The van der Waals surface area contributed by atoms with Gasteiger partial charge in [-0.1, -0.05) is 24.3 Å². The minimum absolute atomic E-state index is 0.0525. The Kier molecular flexibility index (Phi) is 11.7. The lowest BCUT2D eigenvalue weighted by molar-refractivity contribution is -0.384.